The average Bonchev–Trinajstić information content (AvgIpc) is 2.48. The van der Waals surface area contributed by atoms with E-state index >= 15 is 0 Å². The Balaban J connectivity index is 2.46. The van der Waals surface area contributed by atoms with Gasteiger partial charge in [0.2, 0.25) is 5.91 Å². The number of carbonyl (C=O) groups is 2. The van der Waals surface area contributed by atoms with E-state index < -0.39 is 5.91 Å². The van der Waals surface area contributed by atoms with Crippen LogP contribution in [0.1, 0.15) is 28.4 Å². The van der Waals surface area contributed by atoms with E-state index in [2.05, 4.69) is 0 Å². The van der Waals surface area contributed by atoms with Crippen molar-refractivity contribution in [2.45, 2.75) is 6.92 Å². The molecule has 0 aromatic heterocycles. The highest BCUT2D eigenvalue weighted by molar-refractivity contribution is 6.11. The van der Waals surface area contributed by atoms with Crippen molar-refractivity contribution >= 4 is 17.8 Å². The van der Waals surface area contributed by atoms with Crippen LogP contribution in [0.25, 0.3) is 6.08 Å². The first-order chi connectivity index (χ1) is 9.59. The first kappa shape index (κ1) is 13.7. The van der Waals surface area contributed by atoms with Gasteiger partial charge < -0.3 is 5.73 Å². The number of hydrogen-bond donors (Lipinski definition) is 1. The summed E-state index contributed by atoms with van der Waals surface area (Å²) in [5.41, 5.74) is 7.51. The summed E-state index contributed by atoms with van der Waals surface area (Å²) < 4.78 is 0. The second-order valence-electron chi connectivity index (χ2n) is 4.47. The van der Waals surface area contributed by atoms with Gasteiger partial charge in [0, 0.05) is 16.7 Å². The fourth-order valence-corrected chi connectivity index (χ4v) is 1.88. The Labute approximate surface area is 117 Å². The fraction of sp³-hybridized carbons (Fsp3) is 0.0588. The van der Waals surface area contributed by atoms with Crippen LogP contribution in [-0.4, -0.2) is 11.7 Å². The Morgan fingerprint density at radius 1 is 0.950 bits per heavy atom. The number of nitrogens with two attached hydrogens (primary N) is 1. The number of carbonyl (C=O) groups excluding carboxylic acids is 2. The lowest BCUT2D eigenvalue weighted by atomic mass is 9.97. The molecule has 1 amide bonds. The Morgan fingerprint density at radius 3 is 2.20 bits per heavy atom. The molecule has 0 saturated carbocycles. The molecule has 0 spiro atoms. The Hall–Kier alpha value is -2.68. The highest BCUT2D eigenvalue weighted by Gasteiger charge is 2.12. The SMILES string of the molecule is C/C(=C\c1ccccc1C(=O)c1ccccc1)C(N)=O. The Morgan fingerprint density at radius 2 is 1.55 bits per heavy atom. The molecular formula is C17H15NO2. The van der Waals surface area contributed by atoms with Crippen molar-refractivity contribution in [2.75, 3.05) is 0 Å². The molecule has 2 aromatic carbocycles. The highest BCUT2D eigenvalue weighted by atomic mass is 16.1. The molecule has 2 N–H and O–H groups in total. The minimum Gasteiger partial charge on any atom is -0.366 e. The summed E-state index contributed by atoms with van der Waals surface area (Å²) in [6, 6.07) is 16.2. The van der Waals surface area contributed by atoms with Gasteiger partial charge in [-0.2, -0.15) is 0 Å². The molecule has 0 aliphatic carbocycles. The second kappa shape index (κ2) is 5.97. The Bertz CT molecular complexity index is 672. The number of hydrogen-bond acceptors (Lipinski definition) is 2. The molecule has 0 radical (unpaired) electrons. The maximum absolute atomic E-state index is 12.5. The summed E-state index contributed by atoms with van der Waals surface area (Å²) in [5, 5.41) is 0. The van der Waals surface area contributed by atoms with E-state index in [0.29, 0.717) is 22.3 Å². The first-order valence-corrected chi connectivity index (χ1v) is 6.26. The van der Waals surface area contributed by atoms with Crippen molar-refractivity contribution < 1.29 is 9.59 Å². The van der Waals surface area contributed by atoms with Crippen LogP contribution in [-0.2, 0) is 4.79 Å². The fourth-order valence-electron chi connectivity index (χ4n) is 1.88. The summed E-state index contributed by atoms with van der Waals surface area (Å²) in [7, 11) is 0. The van der Waals surface area contributed by atoms with Crippen LogP contribution in [0.5, 0.6) is 0 Å². The van der Waals surface area contributed by atoms with E-state index in [1.165, 1.54) is 0 Å². The van der Waals surface area contributed by atoms with Crippen LogP contribution < -0.4 is 5.73 Å². The van der Waals surface area contributed by atoms with Crippen molar-refractivity contribution in [3.05, 3.63) is 76.9 Å². The van der Waals surface area contributed by atoms with Gasteiger partial charge in [0.15, 0.2) is 5.78 Å². The lowest BCUT2D eigenvalue weighted by molar-refractivity contribution is -0.114. The van der Waals surface area contributed by atoms with Crippen LogP contribution in [0.4, 0.5) is 0 Å². The third-order valence-electron chi connectivity index (χ3n) is 3.00. The van der Waals surface area contributed by atoms with Crippen LogP contribution in [0.15, 0.2) is 60.2 Å². The molecule has 0 aliphatic heterocycles. The summed E-state index contributed by atoms with van der Waals surface area (Å²) in [6.07, 6.45) is 1.64. The largest absolute Gasteiger partial charge is 0.366 e. The van der Waals surface area contributed by atoms with Gasteiger partial charge in [0.25, 0.3) is 0 Å². The average molecular weight is 265 g/mol. The topological polar surface area (TPSA) is 60.2 Å². The lowest BCUT2D eigenvalue weighted by Crippen LogP contribution is -2.12. The monoisotopic (exact) mass is 265 g/mol. The molecule has 0 bridgehead atoms. The molecule has 3 heteroatoms. The van der Waals surface area contributed by atoms with Crippen LogP contribution >= 0.6 is 0 Å². The zero-order chi connectivity index (χ0) is 14.5. The minimum absolute atomic E-state index is 0.0743. The van der Waals surface area contributed by atoms with Crippen molar-refractivity contribution in [1.82, 2.24) is 0 Å². The molecule has 20 heavy (non-hydrogen) atoms. The third-order valence-corrected chi connectivity index (χ3v) is 3.00. The molecule has 0 atom stereocenters. The molecule has 0 fully saturated rings. The molecule has 0 saturated heterocycles. The van der Waals surface area contributed by atoms with Gasteiger partial charge in [0.1, 0.15) is 0 Å². The molecule has 0 heterocycles. The summed E-state index contributed by atoms with van der Waals surface area (Å²) in [6.45, 7) is 1.63. The van der Waals surface area contributed by atoms with Crippen molar-refractivity contribution in [3.63, 3.8) is 0 Å². The number of primary amides is 1. The van der Waals surface area contributed by atoms with Gasteiger partial charge >= 0.3 is 0 Å². The third kappa shape index (κ3) is 3.01. The smallest absolute Gasteiger partial charge is 0.244 e. The maximum atomic E-state index is 12.5. The van der Waals surface area contributed by atoms with Gasteiger partial charge in [-0.15, -0.1) is 0 Å². The van der Waals surface area contributed by atoms with E-state index in [9.17, 15) is 9.59 Å². The van der Waals surface area contributed by atoms with Crippen molar-refractivity contribution in [2.24, 2.45) is 5.73 Å². The second-order valence-corrected chi connectivity index (χ2v) is 4.47. The van der Waals surface area contributed by atoms with E-state index in [1.54, 1.807) is 43.3 Å². The van der Waals surface area contributed by atoms with Gasteiger partial charge in [-0.1, -0.05) is 54.6 Å². The lowest BCUT2D eigenvalue weighted by Gasteiger charge is -2.06. The van der Waals surface area contributed by atoms with E-state index in [4.69, 9.17) is 5.73 Å². The normalized spacial score (nSPS) is 11.2. The predicted octanol–water partition coefficient (Wildman–Crippen LogP) is 2.81. The highest BCUT2D eigenvalue weighted by Crippen LogP contribution is 2.17. The zero-order valence-corrected chi connectivity index (χ0v) is 11.2. The predicted molar refractivity (Wildman–Crippen MR) is 79.2 cm³/mol. The summed E-state index contributed by atoms with van der Waals surface area (Å²) in [5.74, 6) is -0.568. The first-order valence-electron chi connectivity index (χ1n) is 6.26. The van der Waals surface area contributed by atoms with E-state index in [1.807, 2.05) is 24.3 Å². The van der Waals surface area contributed by atoms with E-state index in [0.717, 1.165) is 0 Å². The number of ketones is 1. The number of benzene rings is 2. The van der Waals surface area contributed by atoms with Crippen LogP contribution in [0.2, 0.25) is 0 Å². The van der Waals surface area contributed by atoms with Gasteiger partial charge in [-0.05, 0) is 18.6 Å². The summed E-state index contributed by atoms with van der Waals surface area (Å²) >= 11 is 0. The summed E-state index contributed by atoms with van der Waals surface area (Å²) in [4.78, 5) is 23.6. The maximum Gasteiger partial charge on any atom is 0.244 e. The quantitative estimate of drug-likeness (QED) is 0.682. The van der Waals surface area contributed by atoms with Gasteiger partial charge in [-0.3, -0.25) is 9.59 Å². The van der Waals surface area contributed by atoms with Crippen molar-refractivity contribution in [3.8, 4) is 0 Å². The van der Waals surface area contributed by atoms with Crippen molar-refractivity contribution in [1.29, 1.82) is 0 Å². The number of rotatable bonds is 4. The van der Waals surface area contributed by atoms with Crippen LogP contribution in [0, 0.1) is 0 Å². The molecule has 3 nitrogen and oxygen atoms in total. The zero-order valence-electron chi connectivity index (χ0n) is 11.2. The Kier molecular flexibility index (Phi) is 4.11. The molecule has 2 aromatic rings. The van der Waals surface area contributed by atoms with Gasteiger partial charge in [-0.25, -0.2) is 0 Å². The minimum atomic E-state index is -0.494. The molecule has 0 unspecified atom stereocenters. The molecular weight excluding hydrogens is 250 g/mol. The van der Waals surface area contributed by atoms with Crippen LogP contribution in [0.3, 0.4) is 0 Å². The standard InChI is InChI=1S/C17H15NO2/c1-12(17(18)20)11-14-9-5-6-10-15(14)16(19)13-7-3-2-4-8-13/h2-11H,1H3,(H2,18,20)/b12-11+. The van der Waals surface area contributed by atoms with E-state index in [-0.39, 0.29) is 5.78 Å². The van der Waals surface area contributed by atoms with Gasteiger partial charge in [0.05, 0.1) is 0 Å². The molecule has 0 aliphatic rings. The number of amides is 1. The molecule has 100 valence electrons. The molecule has 2 rings (SSSR count).